The molecule has 86 valence electrons. The van der Waals surface area contributed by atoms with E-state index in [4.69, 9.17) is 0 Å². The highest BCUT2D eigenvalue weighted by Crippen LogP contribution is 2.20. The number of benzene rings is 1. The molecule has 0 saturated heterocycles. The number of rotatable bonds is 3. The van der Waals surface area contributed by atoms with Crippen LogP contribution in [0.2, 0.25) is 0 Å². The Bertz CT molecular complexity index is 434. The van der Waals surface area contributed by atoms with Crippen LogP contribution in [0, 0.1) is 13.8 Å². The van der Waals surface area contributed by atoms with E-state index in [0.29, 0.717) is 5.57 Å². The van der Waals surface area contributed by atoms with Crippen LogP contribution in [0.15, 0.2) is 24.4 Å². The molecule has 1 aromatic rings. The first kappa shape index (κ1) is 12.3. The summed E-state index contributed by atoms with van der Waals surface area (Å²) < 4.78 is 0. The van der Waals surface area contributed by atoms with E-state index in [1.807, 2.05) is 46.1 Å². The number of aliphatic carboxylic acids is 1. The summed E-state index contributed by atoms with van der Waals surface area (Å²) in [5, 5.41) is 9.17. The number of carbonyl (C=O) groups is 1. The number of nitrogens with zero attached hydrogens (tertiary/aromatic N) is 1. The van der Waals surface area contributed by atoms with E-state index in [1.165, 1.54) is 0 Å². The van der Waals surface area contributed by atoms with Gasteiger partial charge in [0, 0.05) is 20.3 Å². The lowest BCUT2D eigenvalue weighted by atomic mass is 9.99. The molecule has 1 aromatic carbocycles. The molecule has 0 atom stereocenters. The summed E-state index contributed by atoms with van der Waals surface area (Å²) in [7, 11) is 3.62. The molecule has 0 bridgehead atoms. The normalized spacial score (nSPS) is 11.4. The van der Waals surface area contributed by atoms with Crippen LogP contribution >= 0.6 is 0 Å². The maximum atomic E-state index is 11.2. The number of carboxylic acids is 1. The third kappa shape index (κ3) is 2.86. The Balaban J connectivity index is 3.27. The van der Waals surface area contributed by atoms with Gasteiger partial charge in [-0.15, -0.1) is 0 Å². The van der Waals surface area contributed by atoms with Gasteiger partial charge in [0.2, 0.25) is 0 Å². The molecule has 0 aliphatic rings. The number of hydrogen-bond donors (Lipinski definition) is 1. The maximum absolute atomic E-state index is 11.2. The molecule has 0 aliphatic heterocycles. The summed E-state index contributed by atoms with van der Waals surface area (Å²) in [5.41, 5.74) is 3.21. The average Bonchev–Trinajstić information content (AvgIpc) is 2.14. The molecule has 1 N–H and O–H groups in total. The van der Waals surface area contributed by atoms with E-state index >= 15 is 0 Å². The van der Waals surface area contributed by atoms with E-state index in [2.05, 4.69) is 0 Å². The molecule has 0 spiro atoms. The second-order valence-corrected chi connectivity index (χ2v) is 4.13. The fourth-order valence-corrected chi connectivity index (χ4v) is 1.61. The van der Waals surface area contributed by atoms with Crippen LogP contribution in [-0.2, 0) is 4.79 Å². The maximum Gasteiger partial charge on any atom is 0.337 e. The third-order valence-corrected chi connectivity index (χ3v) is 2.29. The molecule has 0 saturated carbocycles. The molecule has 0 amide bonds. The highest BCUT2D eigenvalue weighted by Gasteiger charge is 2.12. The second-order valence-electron chi connectivity index (χ2n) is 4.13. The summed E-state index contributed by atoms with van der Waals surface area (Å²) in [6.45, 7) is 3.92. The van der Waals surface area contributed by atoms with Gasteiger partial charge in [-0.3, -0.25) is 0 Å². The van der Waals surface area contributed by atoms with Crippen molar-refractivity contribution >= 4 is 11.5 Å². The Hall–Kier alpha value is -1.77. The predicted molar refractivity (Wildman–Crippen MR) is 65.2 cm³/mol. The SMILES string of the molecule is Cc1ccc(/C(=C/N(C)C)C(=O)O)c(C)c1. The summed E-state index contributed by atoms with van der Waals surface area (Å²) in [6, 6.07) is 5.77. The van der Waals surface area contributed by atoms with Crippen molar-refractivity contribution in [1.82, 2.24) is 4.90 Å². The van der Waals surface area contributed by atoms with E-state index in [1.54, 1.807) is 11.1 Å². The van der Waals surface area contributed by atoms with Gasteiger partial charge in [0.15, 0.2) is 0 Å². The van der Waals surface area contributed by atoms with Gasteiger partial charge in [0.25, 0.3) is 0 Å². The molecule has 0 heterocycles. The van der Waals surface area contributed by atoms with Crippen LogP contribution in [0.1, 0.15) is 16.7 Å². The lowest BCUT2D eigenvalue weighted by molar-refractivity contribution is -0.130. The van der Waals surface area contributed by atoms with Gasteiger partial charge in [-0.25, -0.2) is 4.79 Å². The van der Waals surface area contributed by atoms with Crippen molar-refractivity contribution in [3.05, 3.63) is 41.1 Å². The van der Waals surface area contributed by atoms with Crippen LogP contribution in [0.3, 0.4) is 0 Å². The number of hydrogen-bond acceptors (Lipinski definition) is 2. The minimum atomic E-state index is -0.902. The summed E-state index contributed by atoms with van der Waals surface area (Å²) in [5.74, 6) is -0.902. The predicted octanol–water partition coefficient (Wildman–Crippen LogP) is 2.29. The van der Waals surface area contributed by atoms with E-state index in [-0.39, 0.29) is 0 Å². The van der Waals surface area contributed by atoms with E-state index in [0.717, 1.165) is 16.7 Å². The van der Waals surface area contributed by atoms with Gasteiger partial charge in [-0.2, -0.15) is 0 Å². The van der Waals surface area contributed by atoms with Gasteiger partial charge in [-0.1, -0.05) is 23.8 Å². The first-order chi connectivity index (χ1) is 7.41. The number of carboxylic acid groups (broad SMARTS) is 1. The Labute approximate surface area is 96.0 Å². The Morgan fingerprint density at radius 1 is 1.31 bits per heavy atom. The third-order valence-electron chi connectivity index (χ3n) is 2.29. The molecule has 1 rings (SSSR count). The van der Waals surface area contributed by atoms with Crippen LogP contribution in [0.4, 0.5) is 0 Å². The van der Waals surface area contributed by atoms with Crippen LogP contribution in [-0.4, -0.2) is 30.1 Å². The van der Waals surface area contributed by atoms with Gasteiger partial charge < -0.3 is 10.0 Å². The minimum Gasteiger partial charge on any atom is -0.478 e. The molecule has 3 nitrogen and oxygen atoms in total. The largest absolute Gasteiger partial charge is 0.478 e. The second kappa shape index (κ2) is 4.84. The molecule has 0 radical (unpaired) electrons. The van der Waals surface area contributed by atoms with Crippen molar-refractivity contribution in [2.24, 2.45) is 0 Å². The summed E-state index contributed by atoms with van der Waals surface area (Å²) >= 11 is 0. The van der Waals surface area contributed by atoms with Crippen LogP contribution in [0.5, 0.6) is 0 Å². The molecule has 0 aromatic heterocycles. The van der Waals surface area contributed by atoms with Crippen molar-refractivity contribution in [3.63, 3.8) is 0 Å². The molecule has 3 heteroatoms. The van der Waals surface area contributed by atoms with Crippen LogP contribution < -0.4 is 0 Å². The monoisotopic (exact) mass is 219 g/mol. The van der Waals surface area contributed by atoms with Gasteiger partial charge in [-0.05, 0) is 25.0 Å². The highest BCUT2D eigenvalue weighted by molar-refractivity contribution is 6.15. The molecule has 0 aliphatic carbocycles. The molecule has 0 fully saturated rings. The van der Waals surface area contributed by atoms with Crippen molar-refractivity contribution in [1.29, 1.82) is 0 Å². The van der Waals surface area contributed by atoms with Gasteiger partial charge in [0.05, 0.1) is 5.57 Å². The molecule has 16 heavy (non-hydrogen) atoms. The minimum absolute atomic E-state index is 0.322. The zero-order chi connectivity index (χ0) is 12.3. The van der Waals surface area contributed by atoms with Crippen molar-refractivity contribution in [2.45, 2.75) is 13.8 Å². The fourth-order valence-electron chi connectivity index (χ4n) is 1.61. The van der Waals surface area contributed by atoms with Crippen molar-refractivity contribution < 1.29 is 9.90 Å². The lowest BCUT2D eigenvalue weighted by Gasteiger charge is -2.11. The van der Waals surface area contributed by atoms with Gasteiger partial charge in [0.1, 0.15) is 0 Å². The van der Waals surface area contributed by atoms with E-state index < -0.39 is 5.97 Å². The van der Waals surface area contributed by atoms with Crippen molar-refractivity contribution in [3.8, 4) is 0 Å². The Kier molecular flexibility index (Phi) is 3.72. The lowest BCUT2D eigenvalue weighted by Crippen LogP contribution is -2.09. The first-order valence-electron chi connectivity index (χ1n) is 5.11. The standard InChI is InChI=1S/C13H17NO2/c1-9-5-6-11(10(2)7-9)12(13(15)16)8-14(3)4/h5-8H,1-4H3,(H,15,16)/b12-8-. The average molecular weight is 219 g/mol. The topological polar surface area (TPSA) is 40.5 Å². The van der Waals surface area contributed by atoms with E-state index in [9.17, 15) is 9.90 Å². The zero-order valence-electron chi connectivity index (χ0n) is 10.1. The van der Waals surface area contributed by atoms with Gasteiger partial charge >= 0.3 is 5.97 Å². The molecule has 0 unspecified atom stereocenters. The van der Waals surface area contributed by atoms with Crippen molar-refractivity contribution in [2.75, 3.05) is 14.1 Å². The quantitative estimate of drug-likeness (QED) is 0.793. The summed E-state index contributed by atoms with van der Waals surface area (Å²) in [4.78, 5) is 12.9. The highest BCUT2D eigenvalue weighted by atomic mass is 16.4. The molecular formula is C13H17NO2. The fraction of sp³-hybridized carbons (Fsp3) is 0.308. The Morgan fingerprint density at radius 2 is 1.94 bits per heavy atom. The summed E-state index contributed by atoms with van der Waals surface area (Å²) in [6.07, 6.45) is 1.62. The smallest absolute Gasteiger partial charge is 0.337 e. The first-order valence-corrected chi connectivity index (χ1v) is 5.11. The number of aryl methyl sites for hydroxylation is 2. The van der Waals surface area contributed by atoms with Crippen LogP contribution in [0.25, 0.3) is 5.57 Å². The zero-order valence-corrected chi connectivity index (χ0v) is 10.1. The Morgan fingerprint density at radius 3 is 2.38 bits per heavy atom. The molecular weight excluding hydrogens is 202 g/mol.